The van der Waals surface area contributed by atoms with E-state index in [-0.39, 0.29) is 10.8 Å². The number of hydrogen-bond donors (Lipinski definition) is 0. The molecule has 0 saturated carbocycles. The highest BCUT2D eigenvalue weighted by Crippen LogP contribution is 2.53. The molecule has 0 aliphatic heterocycles. The van der Waals surface area contributed by atoms with Crippen molar-refractivity contribution in [2.24, 2.45) is 0 Å². The zero-order valence-electron chi connectivity index (χ0n) is 39.2. The average Bonchev–Trinajstić information content (AvgIpc) is 3.98. The Bertz CT molecular complexity index is 3970. The molecule has 0 radical (unpaired) electrons. The van der Waals surface area contributed by atoms with Gasteiger partial charge in [0.05, 0.1) is 22.1 Å². The van der Waals surface area contributed by atoms with Gasteiger partial charge >= 0.3 is 0 Å². The van der Waals surface area contributed by atoms with Crippen molar-refractivity contribution in [3.63, 3.8) is 0 Å². The van der Waals surface area contributed by atoms with Gasteiger partial charge in [-0.2, -0.15) is 9.97 Å². The van der Waals surface area contributed by atoms with Crippen LogP contribution < -0.4 is 0 Å². The first kappa shape index (κ1) is 40.8. The van der Waals surface area contributed by atoms with Gasteiger partial charge in [0.1, 0.15) is 0 Å². The summed E-state index contributed by atoms with van der Waals surface area (Å²) < 4.78 is 4.70. The molecule has 1 aliphatic carbocycles. The van der Waals surface area contributed by atoms with E-state index in [1.165, 1.54) is 38.8 Å². The molecule has 0 bridgehead atoms. The molecule has 69 heavy (non-hydrogen) atoms. The highest BCUT2D eigenvalue weighted by molar-refractivity contribution is 6.23. The van der Waals surface area contributed by atoms with Crippen molar-refractivity contribution in [2.75, 3.05) is 0 Å². The standard InChI is InChI=1S/C64H49N5/c1-63(2)40-64(3,4)57-49(28-17-29-54(57)63)46-24-15-22-44(38-46)42-32-34-48(35-33-42)68-55-30-13-11-26-50(55)52-36-37-53-51-27-12-14-31-56(51)69(59(53)58(52)68)62-66-60(43-20-9-6-10-21-43)65-61(67-62)47-25-16-23-45(39-47)41-18-7-5-8-19-41/h5-39H,40H2,1-4H3. The smallest absolute Gasteiger partial charge is 0.238 e. The van der Waals surface area contributed by atoms with E-state index in [4.69, 9.17) is 15.0 Å². The lowest BCUT2D eigenvalue weighted by molar-refractivity contribution is 0.403. The Labute approximate surface area is 402 Å². The van der Waals surface area contributed by atoms with Crippen molar-refractivity contribution in [2.45, 2.75) is 44.9 Å². The maximum absolute atomic E-state index is 5.41. The first-order valence-electron chi connectivity index (χ1n) is 24.0. The Morgan fingerprint density at radius 2 is 0.855 bits per heavy atom. The fourth-order valence-electron chi connectivity index (χ4n) is 11.8. The molecular weight excluding hydrogens is 839 g/mol. The van der Waals surface area contributed by atoms with Gasteiger partial charge in [0.2, 0.25) is 5.95 Å². The Morgan fingerprint density at radius 1 is 0.362 bits per heavy atom. The van der Waals surface area contributed by atoms with E-state index >= 15 is 0 Å². The van der Waals surface area contributed by atoms with Gasteiger partial charge in [0.25, 0.3) is 0 Å². The van der Waals surface area contributed by atoms with Gasteiger partial charge in [-0.15, -0.1) is 0 Å². The summed E-state index contributed by atoms with van der Waals surface area (Å²) in [6.45, 7) is 9.60. The van der Waals surface area contributed by atoms with E-state index in [0.717, 1.165) is 72.6 Å². The molecule has 5 nitrogen and oxygen atoms in total. The van der Waals surface area contributed by atoms with E-state index in [0.29, 0.717) is 17.6 Å². The first-order chi connectivity index (χ1) is 33.7. The van der Waals surface area contributed by atoms with Gasteiger partial charge < -0.3 is 4.57 Å². The van der Waals surface area contributed by atoms with Gasteiger partial charge in [0, 0.05) is 38.4 Å². The summed E-state index contributed by atoms with van der Waals surface area (Å²) >= 11 is 0. The first-order valence-corrected chi connectivity index (χ1v) is 24.0. The summed E-state index contributed by atoms with van der Waals surface area (Å²) in [5.41, 5.74) is 17.6. The van der Waals surface area contributed by atoms with E-state index in [1.54, 1.807) is 0 Å². The van der Waals surface area contributed by atoms with Crippen molar-refractivity contribution in [1.29, 1.82) is 0 Å². The minimum atomic E-state index is 0.0942. The second-order valence-electron chi connectivity index (χ2n) is 20.0. The summed E-state index contributed by atoms with van der Waals surface area (Å²) in [4.78, 5) is 15.9. The SMILES string of the molecule is CC1(C)CC(C)(C)c2c(-c3cccc(-c4ccc(-n5c6ccccc6c6ccc7c8ccccc8n(-c8nc(-c9ccccc9)nc(-c9cccc(-c%10ccccc%10)c9)n8)c7c65)cc4)c3)cccc21. The summed E-state index contributed by atoms with van der Waals surface area (Å²) in [6.07, 6.45) is 1.14. The molecule has 0 fully saturated rings. The Morgan fingerprint density at radius 3 is 1.52 bits per heavy atom. The summed E-state index contributed by atoms with van der Waals surface area (Å²) in [7, 11) is 0. The second-order valence-corrected chi connectivity index (χ2v) is 20.0. The quantitative estimate of drug-likeness (QED) is 0.160. The molecule has 330 valence electrons. The minimum absolute atomic E-state index is 0.0942. The molecule has 0 atom stereocenters. The Kier molecular flexibility index (Phi) is 9.22. The molecule has 0 spiro atoms. The molecule has 0 saturated heterocycles. The predicted octanol–water partition coefficient (Wildman–Crippen LogP) is 16.4. The molecule has 3 aromatic heterocycles. The Hall–Kier alpha value is -8.41. The van der Waals surface area contributed by atoms with Crippen molar-refractivity contribution >= 4 is 43.6 Å². The van der Waals surface area contributed by atoms with Crippen molar-refractivity contribution < 1.29 is 0 Å². The maximum atomic E-state index is 5.41. The van der Waals surface area contributed by atoms with Crippen LogP contribution in [0.25, 0.3) is 111 Å². The molecule has 12 aromatic rings. The van der Waals surface area contributed by atoms with Gasteiger partial charge in [0.15, 0.2) is 11.6 Å². The number of aromatic nitrogens is 5. The van der Waals surface area contributed by atoms with Crippen molar-refractivity contribution in [3.8, 4) is 67.8 Å². The number of hydrogen-bond acceptors (Lipinski definition) is 3. The predicted molar refractivity (Wildman–Crippen MR) is 286 cm³/mol. The van der Waals surface area contributed by atoms with Crippen LogP contribution in [-0.2, 0) is 10.8 Å². The van der Waals surface area contributed by atoms with Gasteiger partial charge in [-0.05, 0) is 98.2 Å². The Balaban J connectivity index is 1.01. The van der Waals surface area contributed by atoms with E-state index < -0.39 is 0 Å². The average molecular weight is 888 g/mol. The third-order valence-electron chi connectivity index (χ3n) is 14.5. The van der Waals surface area contributed by atoms with Crippen molar-refractivity contribution in [1.82, 2.24) is 24.1 Å². The monoisotopic (exact) mass is 887 g/mol. The zero-order chi connectivity index (χ0) is 46.4. The van der Waals surface area contributed by atoms with Crippen LogP contribution in [0.3, 0.4) is 0 Å². The molecule has 9 aromatic carbocycles. The van der Waals surface area contributed by atoms with Crippen LogP contribution >= 0.6 is 0 Å². The van der Waals surface area contributed by atoms with E-state index in [9.17, 15) is 0 Å². The lowest BCUT2D eigenvalue weighted by Crippen LogP contribution is -2.18. The van der Waals surface area contributed by atoms with Crippen LogP contribution in [0.1, 0.15) is 45.2 Å². The van der Waals surface area contributed by atoms with Crippen LogP contribution in [0.15, 0.2) is 212 Å². The molecule has 0 amide bonds. The molecular formula is C64H49N5. The summed E-state index contributed by atoms with van der Waals surface area (Å²) in [5, 5.41) is 4.60. The van der Waals surface area contributed by atoms with Crippen LogP contribution in [-0.4, -0.2) is 24.1 Å². The number of rotatable bonds is 7. The van der Waals surface area contributed by atoms with Crippen LogP contribution in [0.2, 0.25) is 0 Å². The topological polar surface area (TPSA) is 48.5 Å². The molecule has 5 heteroatoms. The third-order valence-corrected chi connectivity index (χ3v) is 14.5. The molecule has 1 aliphatic rings. The highest BCUT2D eigenvalue weighted by Gasteiger charge is 2.43. The van der Waals surface area contributed by atoms with E-state index in [2.05, 4.69) is 225 Å². The molecule has 3 heterocycles. The number of benzene rings is 9. The van der Waals surface area contributed by atoms with Crippen LogP contribution in [0.5, 0.6) is 0 Å². The van der Waals surface area contributed by atoms with Crippen LogP contribution in [0.4, 0.5) is 0 Å². The highest BCUT2D eigenvalue weighted by atomic mass is 15.2. The fraction of sp³-hybridized carbons (Fsp3) is 0.109. The molecule has 0 N–H and O–H groups in total. The van der Waals surface area contributed by atoms with Gasteiger partial charge in [-0.25, -0.2) is 4.98 Å². The zero-order valence-corrected chi connectivity index (χ0v) is 39.2. The van der Waals surface area contributed by atoms with Crippen LogP contribution in [0, 0.1) is 0 Å². The maximum Gasteiger partial charge on any atom is 0.238 e. The van der Waals surface area contributed by atoms with E-state index in [1.807, 2.05) is 24.3 Å². The lowest BCUT2D eigenvalue weighted by Gasteiger charge is -2.24. The summed E-state index contributed by atoms with van der Waals surface area (Å²) in [6, 6.07) is 76.3. The van der Waals surface area contributed by atoms with Gasteiger partial charge in [-0.1, -0.05) is 204 Å². The third kappa shape index (κ3) is 6.63. The largest absolute Gasteiger partial charge is 0.307 e. The molecule has 0 unspecified atom stereocenters. The lowest BCUT2D eigenvalue weighted by atomic mass is 9.80. The molecule has 13 rings (SSSR count). The van der Waals surface area contributed by atoms with Crippen molar-refractivity contribution in [3.05, 3.63) is 223 Å². The van der Waals surface area contributed by atoms with Gasteiger partial charge in [-0.3, -0.25) is 4.57 Å². The number of fused-ring (bicyclic) bond motifs is 8. The second kappa shape index (κ2) is 15.6. The number of para-hydroxylation sites is 2. The minimum Gasteiger partial charge on any atom is -0.307 e. The summed E-state index contributed by atoms with van der Waals surface area (Å²) in [5.74, 6) is 1.79. The fourth-order valence-corrected chi connectivity index (χ4v) is 11.8. The normalized spacial score (nSPS) is 14.0. The number of nitrogens with zero attached hydrogens (tertiary/aromatic N) is 5.